The minimum absolute atomic E-state index is 0.0954. The summed E-state index contributed by atoms with van der Waals surface area (Å²) in [5, 5.41) is 39.8. The lowest BCUT2D eigenvalue weighted by molar-refractivity contribution is -0.0629. The van der Waals surface area contributed by atoms with E-state index in [0.717, 1.165) is 24.4 Å². The first kappa shape index (κ1) is 24.4. The predicted octanol–water partition coefficient (Wildman–Crippen LogP) is 1.76. The zero-order chi connectivity index (χ0) is 24.5. The number of aliphatic hydroxyl groups is 3. The van der Waals surface area contributed by atoms with Crippen molar-refractivity contribution < 1.29 is 20.1 Å². The Morgan fingerprint density at radius 3 is 2.69 bits per heavy atom. The molecule has 2 aliphatic rings. The smallest absolute Gasteiger partial charge is 0.191 e. The van der Waals surface area contributed by atoms with Crippen LogP contribution in [0.2, 0.25) is 0 Å². The molecule has 0 spiro atoms. The predicted molar refractivity (Wildman–Crippen MR) is 133 cm³/mol. The highest BCUT2D eigenvalue weighted by Gasteiger charge is 2.46. The van der Waals surface area contributed by atoms with E-state index in [2.05, 4.69) is 46.4 Å². The van der Waals surface area contributed by atoms with Crippen LogP contribution in [0.15, 0.2) is 35.5 Å². The van der Waals surface area contributed by atoms with Crippen molar-refractivity contribution in [2.75, 3.05) is 30.9 Å². The largest absolute Gasteiger partial charge is 0.394 e. The minimum Gasteiger partial charge on any atom is -0.394 e. The molecule has 35 heavy (non-hydrogen) atoms. The quantitative estimate of drug-likeness (QED) is 0.280. The van der Waals surface area contributed by atoms with E-state index in [4.69, 9.17) is 19.8 Å². The molecule has 0 unspecified atom stereocenters. The second-order valence-electron chi connectivity index (χ2n) is 9.23. The summed E-state index contributed by atoms with van der Waals surface area (Å²) in [6, 6.07) is 10.2. The van der Waals surface area contributed by atoms with Gasteiger partial charge in [0.05, 0.1) is 25.4 Å². The topological polar surface area (TPSA) is 130 Å². The van der Waals surface area contributed by atoms with Crippen LogP contribution in [0, 0.1) is 0 Å². The van der Waals surface area contributed by atoms with Crippen molar-refractivity contribution in [3.63, 3.8) is 0 Å². The lowest BCUT2D eigenvalue weighted by atomic mass is 10.1. The number of rotatable bonds is 10. The zero-order valence-corrected chi connectivity index (χ0v) is 20.8. The van der Waals surface area contributed by atoms with Gasteiger partial charge >= 0.3 is 0 Å². The number of aliphatic hydroxyl groups excluding tert-OH is 3. The van der Waals surface area contributed by atoms with E-state index < -0.39 is 24.4 Å². The molecular formula is C24H32N6O4S. The van der Waals surface area contributed by atoms with E-state index in [-0.39, 0.29) is 13.2 Å². The molecule has 2 aliphatic carbocycles. The van der Waals surface area contributed by atoms with Crippen molar-refractivity contribution in [2.24, 2.45) is 0 Å². The van der Waals surface area contributed by atoms with E-state index in [1.165, 1.54) is 5.56 Å². The Bertz CT molecular complexity index is 1150. The summed E-state index contributed by atoms with van der Waals surface area (Å²) in [6.07, 6.45) is -0.400. The molecular weight excluding hydrogens is 468 g/mol. The van der Waals surface area contributed by atoms with Crippen LogP contribution in [0.25, 0.3) is 11.2 Å². The highest BCUT2D eigenvalue weighted by atomic mass is 32.2. The summed E-state index contributed by atoms with van der Waals surface area (Å²) in [5.74, 6) is 2.04. The van der Waals surface area contributed by atoms with Crippen LogP contribution < -0.4 is 4.90 Å². The highest BCUT2D eigenvalue weighted by molar-refractivity contribution is 7.99. The number of hydrogen-bond donors (Lipinski definition) is 3. The minimum atomic E-state index is -1.09. The van der Waals surface area contributed by atoms with Gasteiger partial charge in [0.15, 0.2) is 22.1 Å². The number of fused-ring (bicyclic) bond motifs is 1. The van der Waals surface area contributed by atoms with Gasteiger partial charge in [-0.2, -0.15) is 0 Å². The molecule has 0 amide bonds. The molecule has 0 aliphatic heterocycles. The lowest BCUT2D eigenvalue weighted by Crippen LogP contribution is -2.33. The number of anilines is 1. The number of nitrogens with zero attached hydrogens (tertiary/aromatic N) is 6. The fraction of sp³-hybridized carbons (Fsp3) is 0.583. The zero-order valence-electron chi connectivity index (χ0n) is 19.9. The Labute approximate surface area is 208 Å². The maximum atomic E-state index is 10.8. The molecule has 2 fully saturated rings. The summed E-state index contributed by atoms with van der Waals surface area (Å²) in [5.41, 5.74) is 2.43. The van der Waals surface area contributed by atoms with Gasteiger partial charge in [0, 0.05) is 31.2 Å². The molecule has 0 saturated heterocycles. The van der Waals surface area contributed by atoms with Crippen molar-refractivity contribution in [1.29, 1.82) is 0 Å². The van der Waals surface area contributed by atoms with Crippen LogP contribution in [-0.2, 0) is 4.74 Å². The molecule has 188 valence electrons. The van der Waals surface area contributed by atoms with Crippen molar-refractivity contribution in [2.45, 2.75) is 67.7 Å². The third-order valence-corrected chi connectivity index (χ3v) is 7.93. The monoisotopic (exact) mass is 500 g/mol. The Balaban J connectivity index is 1.47. The van der Waals surface area contributed by atoms with Gasteiger partial charge in [-0.15, -0.1) is 5.10 Å². The first-order valence-electron chi connectivity index (χ1n) is 12.2. The molecule has 3 aromatic rings. The summed E-state index contributed by atoms with van der Waals surface area (Å²) >= 11 is 1.58. The Morgan fingerprint density at radius 1 is 1.14 bits per heavy atom. The lowest BCUT2D eigenvalue weighted by Gasteiger charge is -2.20. The van der Waals surface area contributed by atoms with Crippen molar-refractivity contribution in [1.82, 2.24) is 25.0 Å². The number of ether oxygens (including phenoxy) is 1. The fourth-order valence-corrected chi connectivity index (χ4v) is 5.62. The van der Waals surface area contributed by atoms with Crippen LogP contribution in [0.5, 0.6) is 0 Å². The normalized spacial score (nSPS) is 28.0. The van der Waals surface area contributed by atoms with Crippen molar-refractivity contribution in [3.8, 4) is 0 Å². The van der Waals surface area contributed by atoms with Gasteiger partial charge in [0.25, 0.3) is 0 Å². The van der Waals surface area contributed by atoms with E-state index in [0.29, 0.717) is 34.7 Å². The van der Waals surface area contributed by atoms with Gasteiger partial charge in [-0.1, -0.05) is 54.2 Å². The molecule has 2 heterocycles. The first-order valence-corrected chi connectivity index (χ1v) is 13.1. The van der Waals surface area contributed by atoms with Crippen LogP contribution in [0.3, 0.4) is 0 Å². The Hall–Kier alpha value is -2.31. The third-order valence-electron chi connectivity index (χ3n) is 6.87. The van der Waals surface area contributed by atoms with Crippen molar-refractivity contribution >= 4 is 28.7 Å². The Morgan fingerprint density at radius 2 is 1.94 bits per heavy atom. The molecule has 1 aromatic carbocycles. The van der Waals surface area contributed by atoms with Crippen LogP contribution in [0.1, 0.15) is 43.7 Å². The van der Waals surface area contributed by atoms with Crippen molar-refractivity contribution in [3.05, 3.63) is 35.9 Å². The van der Waals surface area contributed by atoms with E-state index >= 15 is 0 Å². The molecule has 3 N–H and O–H groups in total. The number of hydrogen-bond acceptors (Lipinski definition) is 10. The third kappa shape index (κ3) is 4.75. The van der Waals surface area contributed by atoms with Gasteiger partial charge in [-0.05, 0) is 18.4 Å². The number of thioether (sulfide) groups is 1. The average molecular weight is 501 g/mol. The molecule has 0 bridgehead atoms. The maximum absolute atomic E-state index is 10.8. The number of aromatic nitrogens is 5. The van der Waals surface area contributed by atoms with Crippen LogP contribution in [0.4, 0.5) is 5.82 Å². The standard InChI is InChI=1S/C24H32N6O4S/c1-3-11-35-24-25-22(29(2)16-12-15(16)14-7-5-4-6-8-14)19-23(26-24)30(28-27-19)17-13-18(34-10-9-31)21(33)20(17)32/h4-8,15-18,20-21,31-33H,3,9-13H2,1-2H3/t15-,16+,17+,18-,20-,21+/m0/s1. The molecule has 5 rings (SSSR count). The molecule has 2 saturated carbocycles. The Kier molecular flexibility index (Phi) is 7.21. The van der Waals surface area contributed by atoms with Gasteiger partial charge in [-0.25, -0.2) is 14.6 Å². The van der Waals surface area contributed by atoms with Gasteiger partial charge in [0.1, 0.15) is 12.2 Å². The van der Waals surface area contributed by atoms with Gasteiger partial charge in [-0.3, -0.25) is 0 Å². The molecule has 10 nitrogen and oxygen atoms in total. The number of benzene rings is 1. The molecule has 6 atom stereocenters. The molecule has 0 radical (unpaired) electrons. The van der Waals surface area contributed by atoms with E-state index in [9.17, 15) is 10.2 Å². The fourth-order valence-electron chi connectivity index (χ4n) is 4.93. The van der Waals surface area contributed by atoms with Gasteiger partial charge in [0.2, 0.25) is 0 Å². The van der Waals surface area contributed by atoms with E-state index in [1.807, 2.05) is 13.1 Å². The molecule has 2 aromatic heterocycles. The maximum Gasteiger partial charge on any atom is 0.191 e. The van der Waals surface area contributed by atoms with Crippen LogP contribution >= 0.6 is 11.8 Å². The second kappa shape index (κ2) is 10.4. The van der Waals surface area contributed by atoms with E-state index in [1.54, 1.807) is 16.4 Å². The summed E-state index contributed by atoms with van der Waals surface area (Å²) in [7, 11) is 2.04. The molecule has 11 heteroatoms. The summed E-state index contributed by atoms with van der Waals surface area (Å²) < 4.78 is 7.14. The van der Waals surface area contributed by atoms with Crippen LogP contribution in [-0.4, -0.2) is 90.6 Å². The summed E-state index contributed by atoms with van der Waals surface area (Å²) in [4.78, 5) is 11.8. The summed E-state index contributed by atoms with van der Waals surface area (Å²) in [6.45, 7) is 2.06. The SMILES string of the molecule is CCCSc1nc(N(C)[C@@H]2C[C@H]2c2ccccc2)c2nnn([C@@H]3C[C@H](OCCO)[C@@H](O)[C@H]3O)c2n1. The van der Waals surface area contributed by atoms with Gasteiger partial charge < -0.3 is 25.0 Å². The number of likely N-dealkylation sites (N-methyl/N-ethyl adjacent to an activating group) is 1. The second-order valence-corrected chi connectivity index (χ2v) is 10.3. The first-order chi connectivity index (χ1) is 17.0. The average Bonchev–Trinajstić information content (AvgIpc) is 3.51. The highest BCUT2D eigenvalue weighted by Crippen LogP contribution is 2.46.